The van der Waals surface area contributed by atoms with E-state index in [1.165, 1.54) is 6.07 Å². The van der Waals surface area contributed by atoms with Crippen LogP contribution in [0.3, 0.4) is 0 Å². The Labute approximate surface area is 148 Å². The molecule has 0 radical (unpaired) electrons. The van der Waals surface area contributed by atoms with E-state index in [0.717, 1.165) is 24.2 Å². The molecule has 1 aromatic heterocycles. The highest BCUT2D eigenvalue weighted by atomic mass is 32.1. The highest BCUT2D eigenvalue weighted by Gasteiger charge is 2.30. The lowest BCUT2D eigenvalue weighted by Crippen LogP contribution is -2.23. The lowest BCUT2D eigenvalue weighted by molar-refractivity contribution is -0.146. The predicted molar refractivity (Wildman–Crippen MR) is 91.4 cm³/mol. The molecule has 1 atom stereocenters. The Morgan fingerprint density at radius 3 is 2.36 bits per heavy atom. The number of nitrogens with one attached hydrogen (secondary N) is 1. The topological polar surface area (TPSA) is 68.1 Å². The van der Waals surface area contributed by atoms with Crippen molar-refractivity contribution in [3.63, 3.8) is 0 Å². The molecule has 2 rings (SSSR count). The van der Waals surface area contributed by atoms with Crippen molar-refractivity contribution in [3.05, 3.63) is 64.4 Å². The zero-order valence-electron chi connectivity index (χ0n) is 13.5. The summed E-state index contributed by atoms with van der Waals surface area (Å²) in [7, 11) is 0. The van der Waals surface area contributed by atoms with Gasteiger partial charge in [0.1, 0.15) is 10.7 Å². The molecule has 8 heteroatoms. The molecule has 3 N–H and O–H groups in total. The van der Waals surface area contributed by atoms with E-state index in [2.05, 4.69) is 17.2 Å². The van der Waals surface area contributed by atoms with E-state index in [0.29, 0.717) is 0 Å². The van der Waals surface area contributed by atoms with Gasteiger partial charge in [0.15, 0.2) is 0 Å². The summed E-state index contributed by atoms with van der Waals surface area (Å²) in [6, 6.07) is 12.1. The zero-order valence-corrected chi connectivity index (χ0v) is 14.4. The number of H-pyrrole nitrogens is 1. The summed E-state index contributed by atoms with van der Waals surface area (Å²) in [5.41, 5.74) is 5.58. The molecule has 136 valence electrons. The minimum absolute atomic E-state index is 0.0564. The monoisotopic (exact) mass is 372 g/mol. The van der Waals surface area contributed by atoms with Gasteiger partial charge < -0.3 is 15.5 Å². The first-order chi connectivity index (χ1) is 11.7. The third kappa shape index (κ3) is 8.46. The SMILES string of the molecule is CC(Cc1ccccc1)OC(=O)CN.FC(F)(F)c1ccc(=S)[nH]c1. The average Bonchev–Trinajstić information content (AvgIpc) is 2.55. The van der Waals surface area contributed by atoms with Crippen LogP contribution >= 0.6 is 12.2 Å². The molecule has 0 saturated heterocycles. The number of carbonyl (C=O) groups is 1. The second-order valence-corrected chi connectivity index (χ2v) is 5.57. The third-order valence-electron chi connectivity index (χ3n) is 2.98. The molecule has 0 amide bonds. The van der Waals surface area contributed by atoms with E-state index in [4.69, 9.17) is 10.5 Å². The van der Waals surface area contributed by atoms with E-state index in [1.54, 1.807) is 0 Å². The molecular weight excluding hydrogens is 353 g/mol. The van der Waals surface area contributed by atoms with Crippen LogP contribution < -0.4 is 5.73 Å². The molecule has 0 bridgehead atoms. The molecule has 25 heavy (non-hydrogen) atoms. The first-order valence-electron chi connectivity index (χ1n) is 7.41. The van der Waals surface area contributed by atoms with E-state index in [1.807, 2.05) is 37.3 Å². The second kappa shape index (κ2) is 9.95. The third-order valence-corrected chi connectivity index (χ3v) is 3.23. The van der Waals surface area contributed by atoms with Crippen molar-refractivity contribution in [2.45, 2.75) is 25.6 Å². The second-order valence-electron chi connectivity index (χ2n) is 5.13. The smallest absolute Gasteiger partial charge is 0.417 e. The molecule has 0 aliphatic carbocycles. The molecule has 1 heterocycles. The van der Waals surface area contributed by atoms with Crippen molar-refractivity contribution in [3.8, 4) is 0 Å². The van der Waals surface area contributed by atoms with Gasteiger partial charge in [-0.25, -0.2) is 0 Å². The Bertz CT molecular complexity index is 697. The maximum Gasteiger partial charge on any atom is 0.417 e. The predicted octanol–water partition coefficient (Wildman–Crippen LogP) is 3.88. The molecule has 0 fully saturated rings. The molecule has 4 nitrogen and oxygen atoms in total. The molecule has 0 aliphatic heterocycles. The van der Waals surface area contributed by atoms with Crippen molar-refractivity contribution < 1.29 is 22.7 Å². The number of alkyl halides is 3. The Balaban J connectivity index is 0.000000257. The van der Waals surface area contributed by atoms with Gasteiger partial charge in [-0.3, -0.25) is 4.79 Å². The zero-order chi connectivity index (χ0) is 18.9. The van der Waals surface area contributed by atoms with Crippen molar-refractivity contribution in [2.75, 3.05) is 6.54 Å². The molecule has 0 spiro atoms. The quantitative estimate of drug-likeness (QED) is 0.631. The minimum atomic E-state index is -4.29. The molecule has 2 aromatic rings. The van der Waals surface area contributed by atoms with Gasteiger partial charge in [-0.2, -0.15) is 13.2 Å². The fourth-order valence-corrected chi connectivity index (χ4v) is 1.97. The number of aromatic amines is 1. The van der Waals surface area contributed by atoms with Crippen LogP contribution in [0.15, 0.2) is 48.7 Å². The summed E-state index contributed by atoms with van der Waals surface area (Å²) in [6.07, 6.45) is -2.83. The number of hydrogen-bond acceptors (Lipinski definition) is 4. The van der Waals surface area contributed by atoms with Gasteiger partial charge in [-0.15, -0.1) is 0 Å². The van der Waals surface area contributed by atoms with Crippen LogP contribution in [0.5, 0.6) is 0 Å². The highest BCUT2D eigenvalue weighted by Crippen LogP contribution is 2.27. The molecule has 0 saturated carbocycles. The Morgan fingerprint density at radius 1 is 1.24 bits per heavy atom. The van der Waals surface area contributed by atoms with Crippen LogP contribution in [0.25, 0.3) is 0 Å². The summed E-state index contributed by atoms with van der Waals surface area (Å²) in [4.78, 5) is 13.2. The van der Waals surface area contributed by atoms with Crippen LogP contribution in [-0.2, 0) is 22.1 Å². The normalized spacial score (nSPS) is 11.9. The van der Waals surface area contributed by atoms with Gasteiger partial charge in [-0.05, 0) is 24.6 Å². The number of rotatable bonds is 4. The van der Waals surface area contributed by atoms with Crippen molar-refractivity contribution in [2.24, 2.45) is 5.73 Å². The van der Waals surface area contributed by atoms with Gasteiger partial charge in [0.2, 0.25) is 0 Å². The number of nitrogens with two attached hydrogens (primary N) is 1. The number of aromatic nitrogens is 1. The number of esters is 1. The summed E-state index contributed by atoms with van der Waals surface area (Å²) < 4.78 is 40.9. The lowest BCUT2D eigenvalue weighted by atomic mass is 10.1. The summed E-state index contributed by atoms with van der Waals surface area (Å²) in [6.45, 7) is 1.81. The molecular formula is C17H19F3N2O2S. The molecule has 1 aromatic carbocycles. The Hall–Kier alpha value is -2.19. The summed E-state index contributed by atoms with van der Waals surface area (Å²) >= 11 is 4.57. The number of ether oxygens (including phenoxy) is 1. The summed E-state index contributed by atoms with van der Waals surface area (Å²) in [5.74, 6) is -0.353. The summed E-state index contributed by atoms with van der Waals surface area (Å²) in [5, 5.41) is 0. The fourth-order valence-electron chi connectivity index (χ4n) is 1.85. The number of carbonyl (C=O) groups excluding carboxylic acids is 1. The van der Waals surface area contributed by atoms with Gasteiger partial charge >= 0.3 is 12.1 Å². The fraction of sp³-hybridized carbons (Fsp3) is 0.294. The van der Waals surface area contributed by atoms with E-state index >= 15 is 0 Å². The van der Waals surface area contributed by atoms with Crippen molar-refractivity contribution in [1.82, 2.24) is 4.98 Å². The van der Waals surface area contributed by atoms with Gasteiger partial charge in [0, 0.05) is 12.6 Å². The van der Waals surface area contributed by atoms with Crippen LogP contribution in [-0.4, -0.2) is 23.6 Å². The average molecular weight is 372 g/mol. The van der Waals surface area contributed by atoms with E-state index < -0.39 is 11.7 Å². The maximum absolute atomic E-state index is 11.9. The Kier molecular flexibility index (Phi) is 8.30. The molecule has 1 unspecified atom stereocenters. The van der Waals surface area contributed by atoms with Gasteiger partial charge in [0.25, 0.3) is 0 Å². The number of pyridine rings is 1. The van der Waals surface area contributed by atoms with Crippen LogP contribution in [0.2, 0.25) is 0 Å². The number of benzene rings is 1. The highest BCUT2D eigenvalue weighted by molar-refractivity contribution is 7.71. The minimum Gasteiger partial charge on any atom is -0.461 e. The number of halogens is 3. The van der Waals surface area contributed by atoms with Gasteiger partial charge in [0.05, 0.1) is 12.1 Å². The standard InChI is InChI=1S/C11H15NO2.C6H4F3NS/c1-9(14-11(13)8-12)7-10-5-3-2-4-6-10;7-6(8,9)4-1-2-5(11)10-3-4/h2-6,9H,7-8,12H2,1H3;1-3H,(H,10,11). The van der Waals surface area contributed by atoms with Crippen LogP contribution in [0.1, 0.15) is 18.1 Å². The number of hydrogen-bond donors (Lipinski definition) is 2. The Morgan fingerprint density at radius 2 is 1.88 bits per heavy atom. The van der Waals surface area contributed by atoms with Crippen molar-refractivity contribution in [1.29, 1.82) is 0 Å². The molecule has 0 aliphatic rings. The van der Waals surface area contributed by atoms with Gasteiger partial charge in [-0.1, -0.05) is 42.5 Å². The van der Waals surface area contributed by atoms with Crippen LogP contribution in [0.4, 0.5) is 13.2 Å². The first kappa shape index (κ1) is 20.9. The van der Waals surface area contributed by atoms with E-state index in [-0.39, 0.29) is 23.3 Å². The maximum atomic E-state index is 11.9. The lowest BCUT2D eigenvalue weighted by Gasteiger charge is -2.12. The first-order valence-corrected chi connectivity index (χ1v) is 7.82. The van der Waals surface area contributed by atoms with Crippen LogP contribution in [0, 0.1) is 4.64 Å². The largest absolute Gasteiger partial charge is 0.461 e. The van der Waals surface area contributed by atoms with E-state index in [9.17, 15) is 18.0 Å². The van der Waals surface area contributed by atoms with Crippen molar-refractivity contribution >= 4 is 18.2 Å².